The Balaban J connectivity index is 2.32. The second-order valence-corrected chi connectivity index (χ2v) is 7.45. The molecule has 0 unspecified atom stereocenters. The number of hydrogen-bond donors (Lipinski definition) is 1. The van der Waals surface area contributed by atoms with E-state index in [4.69, 9.17) is 9.31 Å². The van der Waals surface area contributed by atoms with Gasteiger partial charge in [-0.05, 0) is 50.9 Å². The molecule has 1 aromatic carbocycles. The lowest BCUT2D eigenvalue weighted by atomic mass is 9.77. The predicted octanol–water partition coefficient (Wildman–Crippen LogP) is 3.88. The Morgan fingerprint density at radius 2 is 1.79 bits per heavy atom. The molecule has 1 amide bonds. The van der Waals surface area contributed by atoms with E-state index < -0.39 is 36.2 Å². The fourth-order valence-corrected chi connectivity index (χ4v) is 2.45. The molecule has 0 atom stereocenters. The van der Waals surface area contributed by atoms with Crippen molar-refractivity contribution in [3.05, 3.63) is 35.1 Å². The van der Waals surface area contributed by atoms with Gasteiger partial charge in [0.15, 0.2) is 11.6 Å². The normalized spacial score (nSPS) is 18.9. The van der Waals surface area contributed by atoms with Crippen molar-refractivity contribution in [3.63, 3.8) is 0 Å². The van der Waals surface area contributed by atoms with Crippen LogP contribution in [0.25, 0.3) is 6.08 Å². The van der Waals surface area contributed by atoms with Gasteiger partial charge in [0, 0.05) is 13.5 Å². The summed E-state index contributed by atoms with van der Waals surface area (Å²) in [5, 5.41) is 2.62. The summed E-state index contributed by atoms with van der Waals surface area (Å²) in [5.74, 6) is -2.38. The molecule has 0 spiro atoms. The third-order valence-corrected chi connectivity index (χ3v) is 4.63. The third-order valence-electron chi connectivity index (χ3n) is 4.63. The first kappa shape index (κ1) is 22.2. The van der Waals surface area contributed by atoms with Crippen LogP contribution in [-0.2, 0) is 14.1 Å². The molecule has 0 bridgehead atoms. The molecule has 0 saturated carbocycles. The van der Waals surface area contributed by atoms with E-state index in [9.17, 15) is 22.4 Å². The van der Waals surface area contributed by atoms with Gasteiger partial charge in [0.25, 0.3) is 0 Å². The zero-order valence-electron chi connectivity index (χ0n) is 16.2. The molecule has 2 rings (SSSR count). The van der Waals surface area contributed by atoms with Crippen molar-refractivity contribution in [1.29, 1.82) is 0 Å². The number of alkyl halides is 3. The number of amides is 1. The highest BCUT2D eigenvalue weighted by molar-refractivity contribution is 6.56. The van der Waals surface area contributed by atoms with Crippen LogP contribution in [-0.4, -0.2) is 37.1 Å². The first-order valence-electron chi connectivity index (χ1n) is 8.56. The molecule has 1 aromatic rings. The molecule has 154 valence electrons. The maximum Gasteiger partial charge on any atom is 0.573 e. The zero-order valence-corrected chi connectivity index (χ0v) is 16.2. The van der Waals surface area contributed by atoms with Crippen LogP contribution in [0.1, 0.15) is 40.2 Å². The summed E-state index contributed by atoms with van der Waals surface area (Å²) in [6, 6.07) is 3.05. The van der Waals surface area contributed by atoms with Gasteiger partial charge in [0.1, 0.15) is 0 Å². The van der Waals surface area contributed by atoms with E-state index in [1.54, 1.807) is 0 Å². The first-order valence-corrected chi connectivity index (χ1v) is 8.56. The Labute approximate surface area is 161 Å². The Morgan fingerprint density at radius 1 is 1.21 bits per heavy atom. The van der Waals surface area contributed by atoms with Crippen LogP contribution >= 0.6 is 0 Å². The van der Waals surface area contributed by atoms with E-state index in [0.29, 0.717) is 5.47 Å². The van der Waals surface area contributed by atoms with Crippen LogP contribution in [0.5, 0.6) is 5.75 Å². The van der Waals surface area contributed by atoms with Crippen molar-refractivity contribution in [2.75, 3.05) is 6.54 Å². The van der Waals surface area contributed by atoms with Gasteiger partial charge in [-0.3, -0.25) is 4.79 Å². The van der Waals surface area contributed by atoms with E-state index in [-0.39, 0.29) is 18.0 Å². The first-order chi connectivity index (χ1) is 12.7. The average Bonchev–Trinajstić information content (AvgIpc) is 2.73. The predicted molar refractivity (Wildman–Crippen MR) is 95.8 cm³/mol. The molecule has 0 aliphatic carbocycles. The van der Waals surface area contributed by atoms with E-state index in [1.165, 1.54) is 19.1 Å². The average molecular weight is 403 g/mol. The van der Waals surface area contributed by atoms with Gasteiger partial charge in [-0.1, -0.05) is 12.1 Å². The van der Waals surface area contributed by atoms with E-state index >= 15 is 0 Å². The second-order valence-electron chi connectivity index (χ2n) is 7.45. The summed E-state index contributed by atoms with van der Waals surface area (Å²) >= 11 is 0. The Kier molecular flexibility index (Phi) is 6.15. The smallest absolute Gasteiger partial charge is 0.403 e. The lowest BCUT2D eigenvalue weighted by Gasteiger charge is -2.32. The van der Waals surface area contributed by atoms with E-state index in [1.807, 2.05) is 27.7 Å². The van der Waals surface area contributed by atoms with Crippen LogP contribution in [0, 0.1) is 5.82 Å². The highest BCUT2D eigenvalue weighted by atomic mass is 19.4. The van der Waals surface area contributed by atoms with Crippen molar-refractivity contribution >= 4 is 19.1 Å². The van der Waals surface area contributed by atoms with Crippen molar-refractivity contribution in [2.45, 2.75) is 52.2 Å². The van der Waals surface area contributed by atoms with Crippen LogP contribution in [0.3, 0.4) is 0 Å². The molecule has 1 saturated heterocycles. The van der Waals surface area contributed by atoms with E-state index in [2.05, 4.69) is 10.1 Å². The SMILES string of the molecule is CC(=O)NCC(=Cc1ccc(OC(F)(F)F)c(F)c1)B1OC(C)(C)C(C)(C)O1. The zero-order chi connectivity index (χ0) is 21.3. The lowest BCUT2D eigenvalue weighted by Crippen LogP contribution is -2.41. The lowest BCUT2D eigenvalue weighted by molar-refractivity contribution is -0.275. The quantitative estimate of drug-likeness (QED) is 0.599. The third kappa shape index (κ3) is 5.48. The van der Waals surface area contributed by atoms with Crippen molar-refractivity contribution < 1.29 is 36.4 Å². The summed E-state index contributed by atoms with van der Waals surface area (Å²) < 4.78 is 66.3. The molecule has 0 radical (unpaired) electrons. The van der Waals surface area contributed by atoms with Crippen LogP contribution in [0.2, 0.25) is 0 Å². The maximum absolute atomic E-state index is 14.0. The number of nitrogens with one attached hydrogen (secondary N) is 1. The highest BCUT2D eigenvalue weighted by Crippen LogP contribution is 2.39. The van der Waals surface area contributed by atoms with Crippen molar-refractivity contribution in [3.8, 4) is 5.75 Å². The molecule has 5 nitrogen and oxygen atoms in total. The number of carbonyl (C=O) groups is 1. The maximum atomic E-state index is 14.0. The molecule has 28 heavy (non-hydrogen) atoms. The summed E-state index contributed by atoms with van der Waals surface area (Å²) in [6.07, 6.45) is -3.49. The number of carbonyl (C=O) groups excluding carboxylic acids is 1. The van der Waals surface area contributed by atoms with Crippen LogP contribution in [0.4, 0.5) is 17.6 Å². The summed E-state index contributed by atoms with van der Waals surface area (Å²) in [4.78, 5) is 11.3. The number of hydrogen-bond acceptors (Lipinski definition) is 4. The highest BCUT2D eigenvalue weighted by Gasteiger charge is 2.52. The molecule has 1 heterocycles. The van der Waals surface area contributed by atoms with Crippen molar-refractivity contribution in [2.24, 2.45) is 0 Å². The number of ether oxygens (including phenoxy) is 1. The van der Waals surface area contributed by atoms with Gasteiger partial charge in [-0.2, -0.15) is 0 Å². The second kappa shape index (κ2) is 7.75. The Morgan fingerprint density at radius 3 is 2.25 bits per heavy atom. The molecular weight excluding hydrogens is 381 g/mol. The largest absolute Gasteiger partial charge is 0.573 e. The van der Waals surface area contributed by atoms with Gasteiger partial charge < -0.3 is 19.4 Å². The standard InChI is InChI=1S/C18H22BF4NO4/c1-11(25)24-10-13(19-27-16(2,3)17(4,5)28-19)8-12-6-7-15(14(20)9-12)26-18(21,22)23/h6-9H,10H2,1-5H3,(H,24,25). The van der Waals surface area contributed by atoms with Crippen LogP contribution < -0.4 is 10.1 Å². The van der Waals surface area contributed by atoms with Gasteiger partial charge in [0.05, 0.1) is 11.2 Å². The number of benzene rings is 1. The number of rotatable bonds is 5. The molecule has 0 aromatic heterocycles. The van der Waals surface area contributed by atoms with Gasteiger partial charge in [-0.15, -0.1) is 13.2 Å². The molecule has 1 aliphatic heterocycles. The fraction of sp³-hybridized carbons (Fsp3) is 0.500. The summed E-state index contributed by atoms with van der Waals surface area (Å²) in [7, 11) is -0.814. The molecule has 1 aliphatic rings. The van der Waals surface area contributed by atoms with Gasteiger partial charge in [-0.25, -0.2) is 4.39 Å². The molecule has 1 fully saturated rings. The van der Waals surface area contributed by atoms with Gasteiger partial charge in [0.2, 0.25) is 5.91 Å². The molecule has 1 N–H and O–H groups in total. The molecule has 10 heteroatoms. The molecular formula is C18H22BF4NO4. The Hall–Kier alpha value is -2.07. The minimum absolute atomic E-state index is 0.0641. The van der Waals surface area contributed by atoms with Gasteiger partial charge >= 0.3 is 13.5 Å². The number of halogens is 4. The van der Waals surface area contributed by atoms with E-state index in [0.717, 1.165) is 12.1 Å². The minimum atomic E-state index is -4.99. The van der Waals surface area contributed by atoms with Crippen molar-refractivity contribution in [1.82, 2.24) is 5.32 Å². The minimum Gasteiger partial charge on any atom is -0.403 e. The monoisotopic (exact) mass is 403 g/mol. The fourth-order valence-electron chi connectivity index (χ4n) is 2.45. The summed E-state index contributed by atoms with van der Waals surface area (Å²) in [6.45, 7) is 8.81. The topological polar surface area (TPSA) is 56.8 Å². The summed E-state index contributed by atoms with van der Waals surface area (Å²) in [5.41, 5.74) is -0.523. The Bertz CT molecular complexity index is 761. The van der Waals surface area contributed by atoms with Crippen LogP contribution in [0.15, 0.2) is 23.7 Å².